The smallest absolute Gasteiger partial charge is 0.133 e. The first-order valence-electron chi connectivity index (χ1n) is 7.15. The van der Waals surface area contributed by atoms with E-state index in [-0.39, 0.29) is 6.61 Å². The molecule has 0 fully saturated rings. The summed E-state index contributed by atoms with van der Waals surface area (Å²) < 4.78 is 0. The van der Waals surface area contributed by atoms with Crippen molar-refractivity contribution in [2.75, 3.05) is 17.7 Å². The number of anilines is 2. The molecule has 0 saturated heterocycles. The van der Waals surface area contributed by atoms with Crippen LogP contribution in [0.4, 0.5) is 11.6 Å². The van der Waals surface area contributed by atoms with Crippen molar-refractivity contribution in [2.45, 2.75) is 32.2 Å². The average molecular weight is 286 g/mol. The van der Waals surface area contributed by atoms with Gasteiger partial charge in [-0.25, -0.2) is 9.97 Å². The Labute approximate surface area is 125 Å². The van der Waals surface area contributed by atoms with Crippen molar-refractivity contribution >= 4 is 11.6 Å². The van der Waals surface area contributed by atoms with Gasteiger partial charge in [-0.15, -0.1) is 0 Å². The summed E-state index contributed by atoms with van der Waals surface area (Å²) in [5.74, 6) is 1.78. The number of aliphatic hydroxyl groups excluding tert-OH is 1. The molecule has 2 rings (SSSR count). The lowest BCUT2D eigenvalue weighted by Gasteiger charge is -2.30. The van der Waals surface area contributed by atoms with Crippen molar-refractivity contribution in [2.24, 2.45) is 0 Å². The van der Waals surface area contributed by atoms with E-state index in [9.17, 15) is 5.11 Å². The molecule has 1 atom stereocenters. The highest BCUT2D eigenvalue weighted by molar-refractivity contribution is 5.48. The van der Waals surface area contributed by atoms with E-state index in [0.29, 0.717) is 17.5 Å². The van der Waals surface area contributed by atoms with Crippen LogP contribution in [0.1, 0.15) is 31.7 Å². The second-order valence-electron chi connectivity index (χ2n) is 5.33. The molecule has 2 aromatic rings. The minimum Gasteiger partial charge on any atom is -0.394 e. The number of hydrogen-bond acceptors (Lipinski definition) is 5. The normalized spacial score (nSPS) is 13.7. The zero-order valence-electron chi connectivity index (χ0n) is 12.5. The number of nitrogens with one attached hydrogen (secondary N) is 1. The van der Waals surface area contributed by atoms with Crippen LogP contribution >= 0.6 is 0 Å². The standard InChI is InChI=1S/C16H22N4O/c1-3-7-14-18-13(17)10-15(19-14)20-16(2,11-21)12-8-5-4-6-9-12/h4-6,8-10,21H,3,7,11H2,1-2H3,(H3,17,18,19,20). The number of benzene rings is 1. The monoisotopic (exact) mass is 286 g/mol. The second kappa shape index (κ2) is 6.54. The molecule has 0 aliphatic heterocycles. The minimum atomic E-state index is -0.620. The van der Waals surface area contributed by atoms with Crippen molar-refractivity contribution in [3.05, 3.63) is 47.8 Å². The second-order valence-corrected chi connectivity index (χ2v) is 5.33. The summed E-state index contributed by atoms with van der Waals surface area (Å²) in [6.45, 7) is 3.95. The minimum absolute atomic E-state index is 0.0516. The van der Waals surface area contributed by atoms with Crippen molar-refractivity contribution < 1.29 is 5.11 Å². The molecule has 0 spiro atoms. The molecule has 1 heterocycles. The van der Waals surface area contributed by atoms with E-state index in [4.69, 9.17) is 5.73 Å². The highest BCUT2D eigenvalue weighted by Crippen LogP contribution is 2.25. The van der Waals surface area contributed by atoms with Gasteiger partial charge in [-0.3, -0.25) is 0 Å². The number of aryl methyl sites for hydroxylation is 1. The molecule has 0 saturated carbocycles. The number of nitrogens with two attached hydrogens (primary N) is 1. The first-order chi connectivity index (χ1) is 10.1. The van der Waals surface area contributed by atoms with Gasteiger partial charge in [-0.1, -0.05) is 37.3 Å². The van der Waals surface area contributed by atoms with Gasteiger partial charge in [0.2, 0.25) is 0 Å². The molecular formula is C16H22N4O. The van der Waals surface area contributed by atoms with Gasteiger partial charge >= 0.3 is 0 Å². The molecular weight excluding hydrogens is 264 g/mol. The van der Waals surface area contributed by atoms with Crippen LogP contribution in [0.5, 0.6) is 0 Å². The molecule has 0 radical (unpaired) electrons. The molecule has 0 aliphatic rings. The lowest BCUT2D eigenvalue weighted by molar-refractivity contribution is 0.223. The molecule has 1 aromatic carbocycles. The molecule has 1 aromatic heterocycles. The highest BCUT2D eigenvalue weighted by Gasteiger charge is 2.26. The van der Waals surface area contributed by atoms with Gasteiger partial charge in [0.15, 0.2) is 0 Å². The van der Waals surface area contributed by atoms with Crippen LogP contribution < -0.4 is 11.1 Å². The number of aromatic nitrogens is 2. The van der Waals surface area contributed by atoms with Gasteiger partial charge in [0.25, 0.3) is 0 Å². The summed E-state index contributed by atoms with van der Waals surface area (Å²) in [7, 11) is 0. The largest absolute Gasteiger partial charge is 0.394 e. The lowest BCUT2D eigenvalue weighted by Crippen LogP contribution is -2.36. The lowest BCUT2D eigenvalue weighted by atomic mass is 9.93. The van der Waals surface area contributed by atoms with Crippen LogP contribution in [0.2, 0.25) is 0 Å². The Hall–Kier alpha value is -2.14. The van der Waals surface area contributed by atoms with Crippen LogP contribution in [0.15, 0.2) is 36.4 Å². The first kappa shape index (κ1) is 15.3. The Morgan fingerprint density at radius 3 is 2.57 bits per heavy atom. The molecule has 0 amide bonds. The molecule has 21 heavy (non-hydrogen) atoms. The van der Waals surface area contributed by atoms with Gasteiger partial charge < -0.3 is 16.2 Å². The van der Waals surface area contributed by atoms with Gasteiger partial charge in [0.1, 0.15) is 17.5 Å². The molecule has 5 heteroatoms. The quantitative estimate of drug-likeness (QED) is 0.759. The number of aliphatic hydroxyl groups is 1. The summed E-state index contributed by atoms with van der Waals surface area (Å²) in [5, 5.41) is 13.1. The molecule has 0 aliphatic carbocycles. The van der Waals surface area contributed by atoms with E-state index in [1.807, 2.05) is 37.3 Å². The van der Waals surface area contributed by atoms with Gasteiger partial charge in [0, 0.05) is 12.5 Å². The fourth-order valence-corrected chi connectivity index (χ4v) is 2.21. The Balaban J connectivity index is 2.30. The fourth-order valence-electron chi connectivity index (χ4n) is 2.21. The summed E-state index contributed by atoms with van der Waals surface area (Å²) in [6, 6.07) is 11.5. The number of rotatable bonds is 6. The third kappa shape index (κ3) is 3.70. The average Bonchev–Trinajstić information content (AvgIpc) is 2.48. The van der Waals surface area contributed by atoms with Crippen LogP contribution in [-0.4, -0.2) is 21.7 Å². The molecule has 0 bridgehead atoms. The van der Waals surface area contributed by atoms with E-state index in [2.05, 4.69) is 22.2 Å². The van der Waals surface area contributed by atoms with E-state index in [0.717, 1.165) is 18.4 Å². The maximum atomic E-state index is 9.80. The summed E-state index contributed by atoms with van der Waals surface area (Å²) in [5.41, 5.74) is 6.20. The predicted octanol–water partition coefficient (Wildman–Crippen LogP) is 2.33. The van der Waals surface area contributed by atoms with E-state index in [1.165, 1.54) is 0 Å². The van der Waals surface area contributed by atoms with E-state index < -0.39 is 5.54 Å². The highest BCUT2D eigenvalue weighted by atomic mass is 16.3. The number of nitrogen functional groups attached to an aromatic ring is 1. The van der Waals surface area contributed by atoms with Gasteiger partial charge in [0.05, 0.1) is 12.1 Å². The zero-order valence-corrected chi connectivity index (χ0v) is 12.5. The van der Waals surface area contributed by atoms with Gasteiger partial charge in [-0.05, 0) is 18.9 Å². The maximum Gasteiger partial charge on any atom is 0.133 e. The summed E-state index contributed by atoms with van der Waals surface area (Å²) >= 11 is 0. The Kier molecular flexibility index (Phi) is 4.75. The Morgan fingerprint density at radius 1 is 1.24 bits per heavy atom. The van der Waals surface area contributed by atoms with E-state index >= 15 is 0 Å². The van der Waals surface area contributed by atoms with Crippen LogP contribution in [0, 0.1) is 0 Å². The first-order valence-corrected chi connectivity index (χ1v) is 7.15. The summed E-state index contributed by atoms with van der Waals surface area (Å²) in [4.78, 5) is 8.68. The SMILES string of the molecule is CCCc1nc(N)cc(NC(C)(CO)c2ccccc2)n1. The van der Waals surface area contributed by atoms with Crippen molar-refractivity contribution in [3.8, 4) is 0 Å². The van der Waals surface area contributed by atoms with Crippen LogP contribution in [-0.2, 0) is 12.0 Å². The Morgan fingerprint density at radius 2 is 1.95 bits per heavy atom. The van der Waals surface area contributed by atoms with Crippen LogP contribution in [0.3, 0.4) is 0 Å². The van der Waals surface area contributed by atoms with Gasteiger partial charge in [-0.2, -0.15) is 0 Å². The third-order valence-electron chi connectivity index (χ3n) is 3.40. The third-order valence-corrected chi connectivity index (χ3v) is 3.40. The maximum absolute atomic E-state index is 9.80. The zero-order chi connectivity index (χ0) is 15.3. The van der Waals surface area contributed by atoms with Crippen molar-refractivity contribution in [1.82, 2.24) is 9.97 Å². The predicted molar refractivity (Wildman–Crippen MR) is 84.9 cm³/mol. The number of nitrogens with zero attached hydrogens (tertiary/aromatic N) is 2. The van der Waals surface area contributed by atoms with Crippen molar-refractivity contribution in [1.29, 1.82) is 0 Å². The molecule has 4 N–H and O–H groups in total. The molecule has 1 unspecified atom stereocenters. The summed E-state index contributed by atoms with van der Waals surface area (Å²) in [6.07, 6.45) is 1.74. The molecule has 112 valence electrons. The van der Waals surface area contributed by atoms with Crippen LogP contribution in [0.25, 0.3) is 0 Å². The molecule has 5 nitrogen and oxygen atoms in total. The van der Waals surface area contributed by atoms with Crippen molar-refractivity contribution in [3.63, 3.8) is 0 Å². The fraction of sp³-hybridized carbons (Fsp3) is 0.375. The van der Waals surface area contributed by atoms with E-state index in [1.54, 1.807) is 6.07 Å². The number of hydrogen-bond donors (Lipinski definition) is 3. The Bertz CT molecular complexity index is 588. The topological polar surface area (TPSA) is 84.1 Å².